The summed E-state index contributed by atoms with van der Waals surface area (Å²) in [4.78, 5) is 7.02. The average Bonchev–Trinajstić information content (AvgIpc) is 2.79. The van der Waals surface area contributed by atoms with Crippen LogP contribution in [0, 0.1) is 0 Å². The Balaban J connectivity index is 2.06. The number of nitrogens with one attached hydrogen (secondary N) is 1. The second-order valence-corrected chi connectivity index (χ2v) is 6.22. The van der Waals surface area contributed by atoms with Gasteiger partial charge in [0.2, 0.25) is 0 Å². The van der Waals surface area contributed by atoms with Crippen molar-refractivity contribution in [3.8, 4) is 0 Å². The van der Waals surface area contributed by atoms with Gasteiger partial charge in [-0.2, -0.15) is 5.10 Å². The third-order valence-corrected chi connectivity index (χ3v) is 4.19. The van der Waals surface area contributed by atoms with E-state index in [9.17, 15) is 0 Å². The van der Waals surface area contributed by atoms with Crippen molar-refractivity contribution in [1.29, 1.82) is 0 Å². The van der Waals surface area contributed by atoms with Gasteiger partial charge >= 0.3 is 0 Å². The van der Waals surface area contributed by atoms with Gasteiger partial charge in [0, 0.05) is 24.7 Å². The molecule has 0 radical (unpaired) electrons. The molecule has 1 N–H and O–H groups in total. The molecule has 1 aliphatic rings. The van der Waals surface area contributed by atoms with Crippen LogP contribution in [0.4, 0.5) is 0 Å². The van der Waals surface area contributed by atoms with E-state index in [4.69, 9.17) is 0 Å². The van der Waals surface area contributed by atoms with Crippen LogP contribution in [0.25, 0.3) is 0 Å². The summed E-state index contributed by atoms with van der Waals surface area (Å²) in [6, 6.07) is 1.58. The first-order valence-electron chi connectivity index (χ1n) is 7.97. The molecule has 1 fully saturated rings. The Morgan fingerprint density at radius 2 is 2.25 bits per heavy atom. The van der Waals surface area contributed by atoms with E-state index in [1.54, 1.807) is 6.33 Å². The molecule has 0 saturated carbocycles. The van der Waals surface area contributed by atoms with Gasteiger partial charge in [0.1, 0.15) is 12.2 Å². The van der Waals surface area contributed by atoms with Gasteiger partial charge in [-0.05, 0) is 40.2 Å². The minimum atomic E-state index is 0.374. The molecular weight excluding hydrogens is 250 g/mol. The summed E-state index contributed by atoms with van der Waals surface area (Å²) in [5.74, 6) is 1.09. The standard InChI is InChI=1S/C15H29N5/c1-5-6-14-9-19(13(4)7-8-16-14)10-15-17-11-18-20(15)12(2)3/h11-14,16H,5-10H2,1-4H3. The molecule has 2 atom stereocenters. The molecule has 0 aromatic carbocycles. The Labute approximate surface area is 122 Å². The lowest BCUT2D eigenvalue weighted by molar-refractivity contribution is 0.184. The fraction of sp³-hybridized carbons (Fsp3) is 0.867. The molecule has 0 bridgehead atoms. The van der Waals surface area contributed by atoms with Gasteiger partial charge in [0.25, 0.3) is 0 Å². The highest BCUT2D eigenvalue weighted by Gasteiger charge is 2.24. The Morgan fingerprint density at radius 3 is 2.95 bits per heavy atom. The number of aromatic nitrogens is 3. The molecule has 0 amide bonds. The summed E-state index contributed by atoms with van der Waals surface area (Å²) in [5.41, 5.74) is 0. The highest BCUT2D eigenvalue weighted by Crippen LogP contribution is 2.16. The first-order valence-corrected chi connectivity index (χ1v) is 7.97. The molecule has 1 aliphatic heterocycles. The Bertz CT molecular complexity index is 401. The first-order chi connectivity index (χ1) is 9.61. The molecule has 0 spiro atoms. The van der Waals surface area contributed by atoms with Crippen LogP contribution in [0.1, 0.15) is 58.8 Å². The van der Waals surface area contributed by atoms with E-state index in [0.29, 0.717) is 18.1 Å². The Hall–Kier alpha value is -0.940. The zero-order valence-electron chi connectivity index (χ0n) is 13.3. The molecule has 114 valence electrons. The topological polar surface area (TPSA) is 46.0 Å². The van der Waals surface area contributed by atoms with E-state index in [-0.39, 0.29) is 0 Å². The van der Waals surface area contributed by atoms with Crippen molar-refractivity contribution in [2.45, 2.75) is 71.6 Å². The third-order valence-electron chi connectivity index (χ3n) is 4.19. The van der Waals surface area contributed by atoms with Gasteiger partial charge in [-0.1, -0.05) is 13.3 Å². The highest BCUT2D eigenvalue weighted by molar-refractivity contribution is 4.90. The zero-order valence-corrected chi connectivity index (χ0v) is 13.3. The summed E-state index contributed by atoms with van der Waals surface area (Å²) >= 11 is 0. The summed E-state index contributed by atoms with van der Waals surface area (Å²) in [6.07, 6.45) is 5.37. The molecule has 2 unspecified atom stereocenters. The highest BCUT2D eigenvalue weighted by atomic mass is 15.4. The van der Waals surface area contributed by atoms with Crippen molar-refractivity contribution < 1.29 is 0 Å². The third kappa shape index (κ3) is 3.79. The maximum atomic E-state index is 4.46. The Kier molecular flexibility index (Phi) is 5.54. The molecule has 2 rings (SSSR count). The second-order valence-electron chi connectivity index (χ2n) is 6.22. The van der Waals surface area contributed by atoms with Crippen molar-refractivity contribution in [1.82, 2.24) is 25.0 Å². The lowest BCUT2D eigenvalue weighted by Crippen LogP contribution is -2.40. The van der Waals surface area contributed by atoms with Crippen LogP contribution < -0.4 is 5.32 Å². The van der Waals surface area contributed by atoms with Crippen molar-refractivity contribution >= 4 is 0 Å². The molecule has 2 heterocycles. The summed E-state index contributed by atoms with van der Waals surface area (Å²) in [6.45, 7) is 12.0. The van der Waals surface area contributed by atoms with E-state index in [1.807, 2.05) is 4.68 Å². The fourth-order valence-corrected chi connectivity index (χ4v) is 2.97. The normalized spacial score (nSPS) is 25.1. The van der Waals surface area contributed by atoms with Crippen LogP contribution in [0.15, 0.2) is 6.33 Å². The van der Waals surface area contributed by atoms with Crippen LogP contribution in [0.2, 0.25) is 0 Å². The maximum Gasteiger partial charge on any atom is 0.141 e. The molecule has 1 saturated heterocycles. The maximum absolute atomic E-state index is 4.46. The molecule has 20 heavy (non-hydrogen) atoms. The predicted octanol–water partition coefficient (Wildman–Crippen LogP) is 2.21. The Morgan fingerprint density at radius 1 is 1.45 bits per heavy atom. The van der Waals surface area contributed by atoms with Crippen molar-refractivity contribution in [3.63, 3.8) is 0 Å². The molecule has 1 aromatic heterocycles. The monoisotopic (exact) mass is 279 g/mol. The van der Waals surface area contributed by atoms with Crippen LogP contribution >= 0.6 is 0 Å². The molecular formula is C15H29N5. The molecule has 1 aromatic rings. The summed E-state index contributed by atoms with van der Waals surface area (Å²) in [7, 11) is 0. The zero-order chi connectivity index (χ0) is 14.5. The van der Waals surface area contributed by atoms with Crippen molar-refractivity contribution in [2.24, 2.45) is 0 Å². The molecule has 0 aliphatic carbocycles. The quantitative estimate of drug-likeness (QED) is 0.897. The minimum Gasteiger partial charge on any atom is -0.313 e. The van der Waals surface area contributed by atoms with E-state index in [0.717, 1.165) is 25.5 Å². The number of hydrogen-bond acceptors (Lipinski definition) is 4. The SMILES string of the molecule is CCCC1CN(Cc2ncnn2C(C)C)C(C)CCN1. The van der Waals surface area contributed by atoms with Crippen molar-refractivity contribution in [3.05, 3.63) is 12.2 Å². The number of rotatable bonds is 5. The number of hydrogen-bond donors (Lipinski definition) is 1. The van der Waals surface area contributed by atoms with E-state index in [2.05, 4.69) is 48.0 Å². The number of nitrogens with zero attached hydrogens (tertiary/aromatic N) is 4. The second kappa shape index (κ2) is 7.18. The van der Waals surface area contributed by atoms with E-state index < -0.39 is 0 Å². The largest absolute Gasteiger partial charge is 0.313 e. The average molecular weight is 279 g/mol. The van der Waals surface area contributed by atoms with Gasteiger partial charge in [-0.15, -0.1) is 0 Å². The lowest BCUT2D eigenvalue weighted by atomic mass is 10.1. The molecule has 5 nitrogen and oxygen atoms in total. The first kappa shape index (κ1) is 15.4. The van der Waals surface area contributed by atoms with Gasteiger partial charge in [0.05, 0.1) is 6.54 Å². The lowest BCUT2D eigenvalue weighted by Gasteiger charge is -2.29. The van der Waals surface area contributed by atoms with Crippen LogP contribution in [-0.4, -0.2) is 44.8 Å². The predicted molar refractivity (Wildman–Crippen MR) is 81.6 cm³/mol. The molecule has 5 heteroatoms. The van der Waals surface area contributed by atoms with E-state index in [1.165, 1.54) is 19.3 Å². The van der Waals surface area contributed by atoms with Gasteiger partial charge in [-0.25, -0.2) is 9.67 Å². The van der Waals surface area contributed by atoms with Crippen molar-refractivity contribution in [2.75, 3.05) is 13.1 Å². The summed E-state index contributed by atoms with van der Waals surface area (Å²) < 4.78 is 2.04. The van der Waals surface area contributed by atoms with Crippen LogP contribution in [0.5, 0.6) is 0 Å². The van der Waals surface area contributed by atoms with Gasteiger partial charge in [-0.3, -0.25) is 4.90 Å². The fourth-order valence-electron chi connectivity index (χ4n) is 2.97. The van der Waals surface area contributed by atoms with Gasteiger partial charge < -0.3 is 5.32 Å². The smallest absolute Gasteiger partial charge is 0.141 e. The van der Waals surface area contributed by atoms with Crippen LogP contribution in [0.3, 0.4) is 0 Å². The minimum absolute atomic E-state index is 0.374. The van der Waals surface area contributed by atoms with Crippen LogP contribution in [-0.2, 0) is 6.54 Å². The summed E-state index contributed by atoms with van der Waals surface area (Å²) in [5, 5.41) is 8.02. The van der Waals surface area contributed by atoms with Gasteiger partial charge in [0.15, 0.2) is 0 Å². The van der Waals surface area contributed by atoms with E-state index >= 15 is 0 Å².